The van der Waals surface area contributed by atoms with Crippen molar-refractivity contribution in [3.8, 4) is 0 Å². The standard InChI is InChI=1S/C12H18N4O3/c17-11(18)8-1-3-9(4-2-8)16-12(19)14-6-10-5-13-7-15-10/h5,7-9H,1-4,6H2,(H,13,15)(H,17,18)(H2,14,16,19). The number of H-pyrrole nitrogens is 1. The van der Waals surface area contributed by atoms with Gasteiger partial charge in [-0.3, -0.25) is 4.79 Å². The van der Waals surface area contributed by atoms with Gasteiger partial charge in [-0.15, -0.1) is 0 Å². The Morgan fingerprint density at radius 1 is 1.37 bits per heavy atom. The number of imidazole rings is 1. The zero-order valence-corrected chi connectivity index (χ0v) is 10.6. The number of aromatic nitrogens is 2. The summed E-state index contributed by atoms with van der Waals surface area (Å²) in [6, 6.07) is -0.161. The number of carbonyl (C=O) groups excluding carboxylic acids is 1. The first-order valence-corrected chi connectivity index (χ1v) is 6.39. The number of hydrogen-bond acceptors (Lipinski definition) is 3. The van der Waals surface area contributed by atoms with Crippen LogP contribution in [0.3, 0.4) is 0 Å². The van der Waals surface area contributed by atoms with Crippen molar-refractivity contribution in [3.05, 3.63) is 18.2 Å². The minimum atomic E-state index is -0.734. The number of carbonyl (C=O) groups is 2. The maximum absolute atomic E-state index is 11.6. The Balaban J connectivity index is 1.67. The Kier molecular flexibility index (Phi) is 4.38. The van der Waals surface area contributed by atoms with Crippen LogP contribution >= 0.6 is 0 Å². The summed E-state index contributed by atoms with van der Waals surface area (Å²) >= 11 is 0. The van der Waals surface area contributed by atoms with Gasteiger partial charge < -0.3 is 20.7 Å². The minimum Gasteiger partial charge on any atom is -0.481 e. The van der Waals surface area contributed by atoms with Crippen molar-refractivity contribution in [2.45, 2.75) is 38.3 Å². The number of aliphatic carboxylic acids is 1. The van der Waals surface area contributed by atoms with Crippen LogP contribution < -0.4 is 10.6 Å². The lowest BCUT2D eigenvalue weighted by molar-refractivity contribution is -0.142. The van der Waals surface area contributed by atoms with Gasteiger partial charge in [0.1, 0.15) is 0 Å². The maximum Gasteiger partial charge on any atom is 0.315 e. The van der Waals surface area contributed by atoms with E-state index in [4.69, 9.17) is 5.11 Å². The lowest BCUT2D eigenvalue weighted by Gasteiger charge is -2.26. The summed E-state index contributed by atoms with van der Waals surface area (Å²) in [5.74, 6) is -0.992. The van der Waals surface area contributed by atoms with Gasteiger partial charge in [-0.05, 0) is 25.7 Å². The third-order valence-electron chi connectivity index (χ3n) is 3.41. The first kappa shape index (κ1) is 13.4. The van der Waals surface area contributed by atoms with E-state index in [1.54, 1.807) is 12.5 Å². The van der Waals surface area contributed by atoms with E-state index in [2.05, 4.69) is 20.6 Å². The number of aromatic amines is 1. The van der Waals surface area contributed by atoms with E-state index in [9.17, 15) is 9.59 Å². The van der Waals surface area contributed by atoms with Crippen LogP contribution in [0.5, 0.6) is 0 Å². The molecular weight excluding hydrogens is 248 g/mol. The molecule has 4 N–H and O–H groups in total. The predicted octanol–water partition coefficient (Wildman–Crippen LogP) is 0.852. The molecule has 0 spiro atoms. The van der Waals surface area contributed by atoms with Gasteiger partial charge in [-0.2, -0.15) is 0 Å². The molecule has 0 atom stereocenters. The highest BCUT2D eigenvalue weighted by Crippen LogP contribution is 2.24. The number of rotatable bonds is 4. The summed E-state index contributed by atoms with van der Waals surface area (Å²) in [4.78, 5) is 29.2. The molecule has 1 saturated carbocycles. The van der Waals surface area contributed by atoms with Gasteiger partial charge in [-0.25, -0.2) is 9.78 Å². The first-order chi connectivity index (χ1) is 9.15. The van der Waals surface area contributed by atoms with Crippen LogP contribution in [0.1, 0.15) is 31.4 Å². The molecular formula is C12H18N4O3. The monoisotopic (exact) mass is 266 g/mol. The van der Waals surface area contributed by atoms with Gasteiger partial charge in [0, 0.05) is 12.2 Å². The van der Waals surface area contributed by atoms with E-state index >= 15 is 0 Å². The van der Waals surface area contributed by atoms with Crippen molar-refractivity contribution in [1.29, 1.82) is 0 Å². The van der Waals surface area contributed by atoms with Gasteiger partial charge in [0.25, 0.3) is 0 Å². The molecule has 1 aromatic rings. The van der Waals surface area contributed by atoms with Crippen LogP contribution in [0.15, 0.2) is 12.5 Å². The lowest BCUT2D eigenvalue weighted by atomic mass is 9.86. The van der Waals surface area contributed by atoms with Gasteiger partial charge in [0.15, 0.2) is 0 Å². The number of carboxylic acid groups (broad SMARTS) is 1. The van der Waals surface area contributed by atoms with Crippen molar-refractivity contribution in [2.75, 3.05) is 0 Å². The molecule has 1 aliphatic carbocycles. The van der Waals surface area contributed by atoms with E-state index in [0.29, 0.717) is 32.2 Å². The Morgan fingerprint density at radius 2 is 2.11 bits per heavy atom. The van der Waals surface area contributed by atoms with Crippen LogP contribution in [-0.4, -0.2) is 33.1 Å². The topological polar surface area (TPSA) is 107 Å². The van der Waals surface area contributed by atoms with E-state index in [0.717, 1.165) is 5.69 Å². The van der Waals surface area contributed by atoms with Crippen molar-refractivity contribution < 1.29 is 14.7 Å². The van der Waals surface area contributed by atoms with Crippen molar-refractivity contribution in [3.63, 3.8) is 0 Å². The molecule has 1 aromatic heterocycles. The molecule has 0 bridgehead atoms. The van der Waals surface area contributed by atoms with Crippen LogP contribution in [0, 0.1) is 5.92 Å². The molecule has 0 aromatic carbocycles. The highest BCUT2D eigenvalue weighted by molar-refractivity contribution is 5.74. The third-order valence-corrected chi connectivity index (χ3v) is 3.41. The first-order valence-electron chi connectivity index (χ1n) is 6.39. The van der Waals surface area contributed by atoms with E-state index in [1.807, 2.05) is 0 Å². The second-order valence-electron chi connectivity index (χ2n) is 4.79. The Bertz CT molecular complexity index is 424. The fourth-order valence-corrected chi connectivity index (χ4v) is 2.28. The number of amides is 2. The average molecular weight is 266 g/mol. The highest BCUT2D eigenvalue weighted by atomic mass is 16.4. The number of nitrogens with one attached hydrogen (secondary N) is 3. The Hall–Kier alpha value is -2.05. The summed E-state index contributed by atoms with van der Waals surface area (Å²) < 4.78 is 0. The second kappa shape index (κ2) is 6.21. The van der Waals surface area contributed by atoms with E-state index in [1.165, 1.54) is 0 Å². The summed E-state index contributed by atoms with van der Waals surface area (Å²) in [6.07, 6.45) is 5.89. The number of nitrogens with zero attached hydrogens (tertiary/aromatic N) is 1. The summed E-state index contributed by atoms with van der Waals surface area (Å²) in [5, 5.41) is 14.5. The Morgan fingerprint density at radius 3 is 2.68 bits per heavy atom. The van der Waals surface area contributed by atoms with E-state index in [-0.39, 0.29) is 18.0 Å². The zero-order valence-electron chi connectivity index (χ0n) is 10.6. The maximum atomic E-state index is 11.6. The van der Waals surface area contributed by atoms with Crippen LogP contribution in [0.25, 0.3) is 0 Å². The average Bonchev–Trinajstić information content (AvgIpc) is 2.90. The molecule has 7 nitrogen and oxygen atoms in total. The largest absolute Gasteiger partial charge is 0.481 e. The number of hydrogen-bond donors (Lipinski definition) is 4. The fraction of sp³-hybridized carbons (Fsp3) is 0.583. The molecule has 0 aliphatic heterocycles. The van der Waals surface area contributed by atoms with Crippen LogP contribution in [0.2, 0.25) is 0 Å². The zero-order chi connectivity index (χ0) is 13.7. The van der Waals surface area contributed by atoms with Crippen LogP contribution in [-0.2, 0) is 11.3 Å². The molecule has 0 radical (unpaired) electrons. The van der Waals surface area contributed by atoms with Gasteiger partial charge in [0.2, 0.25) is 0 Å². The molecule has 0 saturated heterocycles. The quantitative estimate of drug-likeness (QED) is 0.648. The Labute approximate surface area is 110 Å². The fourth-order valence-electron chi connectivity index (χ4n) is 2.28. The molecule has 1 aliphatic rings. The predicted molar refractivity (Wildman–Crippen MR) is 67.3 cm³/mol. The second-order valence-corrected chi connectivity index (χ2v) is 4.79. The summed E-state index contributed by atoms with van der Waals surface area (Å²) in [5.41, 5.74) is 0.838. The van der Waals surface area contributed by atoms with Crippen molar-refractivity contribution in [1.82, 2.24) is 20.6 Å². The molecule has 2 rings (SSSR count). The van der Waals surface area contributed by atoms with Gasteiger partial charge in [0.05, 0.1) is 24.5 Å². The van der Waals surface area contributed by atoms with E-state index < -0.39 is 5.97 Å². The van der Waals surface area contributed by atoms with Gasteiger partial charge >= 0.3 is 12.0 Å². The van der Waals surface area contributed by atoms with Crippen molar-refractivity contribution in [2.24, 2.45) is 5.92 Å². The summed E-state index contributed by atoms with van der Waals surface area (Å²) in [6.45, 7) is 0.399. The normalized spacial score (nSPS) is 22.7. The molecule has 7 heteroatoms. The SMILES string of the molecule is O=C(NCc1cnc[nH]1)NC1CCC(C(=O)O)CC1. The van der Waals surface area contributed by atoms with Crippen molar-refractivity contribution >= 4 is 12.0 Å². The number of carboxylic acids is 1. The molecule has 19 heavy (non-hydrogen) atoms. The minimum absolute atomic E-state index is 0.0670. The number of urea groups is 1. The smallest absolute Gasteiger partial charge is 0.315 e. The van der Waals surface area contributed by atoms with Gasteiger partial charge in [-0.1, -0.05) is 0 Å². The molecule has 2 amide bonds. The molecule has 0 unspecified atom stereocenters. The lowest BCUT2D eigenvalue weighted by Crippen LogP contribution is -2.43. The third kappa shape index (κ3) is 3.97. The molecule has 1 heterocycles. The van der Waals surface area contributed by atoms with Crippen LogP contribution in [0.4, 0.5) is 4.79 Å². The highest BCUT2D eigenvalue weighted by Gasteiger charge is 2.26. The molecule has 104 valence electrons. The summed E-state index contributed by atoms with van der Waals surface area (Å²) in [7, 11) is 0. The molecule has 1 fully saturated rings.